The molecule has 20 heavy (non-hydrogen) atoms. The molecule has 0 fully saturated rings. The van der Waals surface area contributed by atoms with Crippen LogP contribution in [0.25, 0.3) is 0 Å². The maximum absolute atomic E-state index is 5.94. The van der Waals surface area contributed by atoms with E-state index < -0.39 is 8.80 Å². The van der Waals surface area contributed by atoms with Crippen LogP contribution in [-0.2, 0) is 19.7 Å². The minimum absolute atomic E-state index is 0.627. The molecule has 112 valence electrons. The Balaban J connectivity index is 2.15. The van der Waals surface area contributed by atoms with Crippen molar-refractivity contribution in [2.45, 2.75) is 27.2 Å². The molecule has 0 bridgehead atoms. The molecule has 0 unspecified atom stereocenters. The second-order valence-corrected chi connectivity index (χ2v) is 7.33. The topological polar surface area (TPSA) is 30.9 Å². The van der Waals surface area contributed by atoms with Crippen molar-refractivity contribution in [3.8, 4) is 0 Å². The molecular weight excluding hydrogens is 270 g/mol. The van der Waals surface area contributed by atoms with Gasteiger partial charge in [0.25, 0.3) is 0 Å². The van der Waals surface area contributed by atoms with E-state index in [1.165, 1.54) is 11.3 Å². The fourth-order valence-electron chi connectivity index (χ4n) is 2.73. The lowest BCUT2D eigenvalue weighted by Gasteiger charge is -2.33. The highest BCUT2D eigenvalue weighted by Crippen LogP contribution is 2.29. The smallest absolute Gasteiger partial charge is 0.373 e. The molecule has 4 nitrogen and oxygen atoms in total. The molecule has 5 heteroatoms. The van der Waals surface area contributed by atoms with Gasteiger partial charge in [0.1, 0.15) is 0 Å². The van der Waals surface area contributed by atoms with Crippen LogP contribution in [0.1, 0.15) is 26.3 Å². The second-order valence-electron chi connectivity index (χ2n) is 4.78. The minimum atomic E-state index is -2.60. The molecule has 0 aliphatic carbocycles. The van der Waals surface area contributed by atoms with Gasteiger partial charge in [0.05, 0.1) is 6.17 Å². The summed E-state index contributed by atoms with van der Waals surface area (Å²) in [7, 11) is -2.60. The first-order chi connectivity index (χ1) is 9.74. The Labute approximate surface area is 123 Å². The Kier molecular flexibility index (Phi) is 5.60. The van der Waals surface area contributed by atoms with Gasteiger partial charge in [-0.15, -0.1) is 0 Å². The third-order valence-corrected chi connectivity index (χ3v) is 6.42. The largest absolute Gasteiger partial charge is 0.521 e. The lowest BCUT2D eigenvalue weighted by Crippen LogP contribution is -2.55. The van der Waals surface area contributed by atoms with Crippen molar-refractivity contribution >= 4 is 14.5 Å². The van der Waals surface area contributed by atoms with Crippen molar-refractivity contribution in [1.82, 2.24) is 0 Å². The summed E-state index contributed by atoms with van der Waals surface area (Å²) in [5.74, 6) is 0. The van der Waals surface area contributed by atoms with E-state index >= 15 is 0 Å². The minimum Gasteiger partial charge on any atom is -0.373 e. The average molecular weight is 295 g/mol. The molecule has 0 saturated heterocycles. The zero-order chi connectivity index (χ0) is 14.4. The fourth-order valence-corrected chi connectivity index (χ4v) is 5.37. The van der Waals surface area contributed by atoms with Crippen LogP contribution in [0.4, 0.5) is 5.69 Å². The molecule has 0 spiro atoms. The Morgan fingerprint density at radius 2 is 1.60 bits per heavy atom. The number of anilines is 1. The van der Waals surface area contributed by atoms with E-state index in [4.69, 9.17) is 13.3 Å². The van der Waals surface area contributed by atoms with Gasteiger partial charge < -0.3 is 18.2 Å². The summed E-state index contributed by atoms with van der Waals surface area (Å²) in [6.07, 6.45) is 1.82. The molecule has 0 amide bonds. The van der Waals surface area contributed by atoms with Crippen molar-refractivity contribution < 1.29 is 13.3 Å². The van der Waals surface area contributed by atoms with E-state index in [9.17, 15) is 0 Å². The van der Waals surface area contributed by atoms with Crippen molar-refractivity contribution in [3.05, 3.63) is 29.8 Å². The molecular formula is C15H25NO3Si. The van der Waals surface area contributed by atoms with Crippen LogP contribution >= 0.6 is 0 Å². The Bertz CT molecular complexity index is 410. The SMILES string of the molecule is CCO[Si](CN1CCc2ccccc21)(OCC)OCC. The molecule has 0 radical (unpaired) electrons. The van der Waals surface area contributed by atoms with Gasteiger partial charge in [0, 0.05) is 32.1 Å². The summed E-state index contributed by atoms with van der Waals surface area (Å²) in [6.45, 7) is 8.89. The predicted octanol–water partition coefficient (Wildman–Crippen LogP) is 2.64. The number of fused-ring (bicyclic) bond motifs is 1. The monoisotopic (exact) mass is 295 g/mol. The van der Waals surface area contributed by atoms with Gasteiger partial charge in [-0.25, -0.2) is 0 Å². The second kappa shape index (κ2) is 7.22. The summed E-state index contributed by atoms with van der Waals surface area (Å²) >= 11 is 0. The molecule has 1 aromatic carbocycles. The van der Waals surface area contributed by atoms with Crippen LogP contribution in [0.3, 0.4) is 0 Å². The molecule has 0 aromatic heterocycles. The number of benzene rings is 1. The van der Waals surface area contributed by atoms with E-state index in [-0.39, 0.29) is 0 Å². The summed E-state index contributed by atoms with van der Waals surface area (Å²) in [4.78, 5) is 2.35. The molecule has 1 aliphatic rings. The number of nitrogens with zero attached hydrogens (tertiary/aromatic N) is 1. The first-order valence-corrected chi connectivity index (χ1v) is 9.42. The molecule has 2 rings (SSSR count). The number of para-hydroxylation sites is 1. The van der Waals surface area contributed by atoms with Gasteiger partial charge in [0.15, 0.2) is 0 Å². The highest BCUT2D eigenvalue weighted by atomic mass is 28.4. The standard InChI is InChI=1S/C15H25NO3Si/c1-4-17-20(18-5-2,19-6-3)13-16-12-11-14-9-7-8-10-15(14)16/h7-10H,4-6,11-13H2,1-3H3. The highest BCUT2D eigenvalue weighted by molar-refractivity contribution is 6.61. The molecule has 1 heterocycles. The van der Waals surface area contributed by atoms with Gasteiger partial charge in [-0.05, 0) is 38.8 Å². The molecule has 0 N–H and O–H groups in total. The van der Waals surface area contributed by atoms with Crippen LogP contribution in [0.5, 0.6) is 0 Å². The van der Waals surface area contributed by atoms with Gasteiger partial charge in [-0.1, -0.05) is 18.2 Å². The first-order valence-electron chi connectivity index (χ1n) is 7.49. The van der Waals surface area contributed by atoms with E-state index in [1.807, 2.05) is 20.8 Å². The van der Waals surface area contributed by atoms with Crippen molar-refractivity contribution in [1.29, 1.82) is 0 Å². The van der Waals surface area contributed by atoms with Crippen molar-refractivity contribution in [2.75, 3.05) is 37.4 Å². The maximum atomic E-state index is 5.94. The van der Waals surface area contributed by atoms with Gasteiger partial charge >= 0.3 is 8.80 Å². The first kappa shape index (κ1) is 15.5. The van der Waals surface area contributed by atoms with E-state index in [0.717, 1.165) is 19.1 Å². The predicted molar refractivity (Wildman–Crippen MR) is 83.0 cm³/mol. The highest BCUT2D eigenvalue weighted by Gasteiger charge is 2.43. The molecule has 1 aromatic rings. The van der Waals surface area contributed by atoms with E-state index in [2.05, 4.69) is 29.2 Å². The average Bonchev–Trinajstić information content (AvgIpc) is 2.83. The van der Waals surface area contributed by atoms with E-state index in [0.29, 0.717) is 19.8 Å². The molecule has 0 saturated carbocycles. The summed E-state index contributed by atoms with van der Waals surface area (Å²) < 4.78 is 17.8. The van der Waals surface area contributed by atoms with Crippen LogP contribution in [0, 0.1) is 0 Å². The number of rotatable bonds is 8. The quantitative estimate of drug-likeness (QED) is 0.690. The van der Waals surface area contributed by atoms with Crippen LogP contribution in [-0.4, -0.2) is 41.3 Å². The van der Waals surface area contributed by atoms with Crippen molar-refractivity contribution in [3.63, 3.8) is 0 Å². The molecule has 0 atom stereocenters. The zero-order valence-corrected chi connectivity index (χ0v) is 13.7. The van der Waals surface area contributed by atoms with Crippen LogP contribution < -0.4 is 4.90 Å². The summed E-state index contributed by atoms with van der Waals surface area (Å²) in [5.41, 5.74) is 2.70. The fraction of sp³-hybridized carbons (Fsp3) is 0.600. The maximum Gasteiger partial charge on any atom is 0.521 e. The third kappa shape index (κ3) is 3.41. The van der Waals surface area contributed by atoms with Crippen LogP contribution in [0.15, 0.2) is 24.3 Å². The summed E-state index contributed by atoms with van der Waals surface area (Å²) in [6, 6.07) is 8.55. The Hall–Kier alpha value is -0.883. The molecule has 1 aliphatic heterocycles. The number of hydrogen-bond acceptors (Lipinski definition) is 4. The lowest BCUT2D eigenvalue weighted by atomic mass is 10.2. The lowest BCUT2D eigenvalue weighted by molar-refractivity contribution is 0.0723. The zero-order valence-electron chi connectivity index (χ0n) is 12.7. The van der Waals surface area contributed by atoms with Crippen LogP contribution in [0.2, 0.25) is 0 Å². The number of hydrogen-bond donors (Lipinski definition) is 0. The van der Waals surface area contributed by atoms with Gasteiger partial charge in [-0.2, -0.15) is 0 Å². The third-order valence-electron chi connectivity index (χ3n) is 3.46. The van der Waals surface area contributed by atoms with E-state index in [1.54, 1.807) is 0 Å². The van der Waals surface area contributed by atoms with Gasteiger partial charge in [0.2, 0.25) is 0 Å². The Morgan fingerprint density at radius 1 is 1.00 bits per heavy atom. The normalized spacial score (nSPS) is 14.7. The Morgan fingerprint density at radius 3 is 2.20 bits per heavy atom. The van der Waals surface area contributed by atoms with Gasteiger partial charge in [-0.3, -0.25) is 0 Å². The summed E-state index contributed by atoms with van der Waals surface area (Å²) in [5, 5.41) is 0. The van der Waals surface area contributed by atoms with Crippen molar-refractivity contribution in [2.24, 2.45) is 0 Å².